The van der Waals surface area contributed by atoms with Gasteiger partial charge in [0.1, 0.15) is 0 Å². The van der Waals surface area contributed by atoms with Gasteiger partial charge in [-0.3, -0.25) is 14.2 Å². The molecule has 0 bridgehead atoms. The van der Waals surface area contributed by atoms with Gasteiger partial charge in [0.15, 0.2) is 5.16 Å². The van der Waals surface area contributed by atoms with Crippen molar-refractivity contribution in [1.29, 1.82) is 0 Å². The van der Waals surface area contributed by atoms with E-state index in [4.69, 9.17) is 0 Å². The average molecular weight is 438 g/mol. The molecule has 1 aliphatic rings. The lowest BCUT2D eigenvalue weighted by Crippen LogP contribution is -2.35. The van der Waals surface area contributed by atoms with Crippen LogP contribution in [-0.2, 0) is 11.3 Å². The fraction of sp³-hybridized carbons (Fsp3) is 0.526. The Balaban J connectivity index is 1.84. The molecule has 0 aliphatic heterocycles. The molecule has 1 aromatic heterocycles. The van der Waals surface area contributed by atoms with Crippen molar-refractivity contribution in [2.45, 2.75) is 51.4 Å². The Bertz CT molecular complexity index is 877. The van der Waals surface area contributed by atoms with Gasteiger partial charge in [-0.1, -0.05) is 41.5 Å². The molecule has 1 aromatic carbocycles. The van der Waals surface area contributed by atoms with E-state index in [0.717, 1.165) is 4.47 Å². The smallest absolute Gasteiger partial charge is 0.262 e. The molecule has 1 unspecified atom stereocenters. The summed E-state index contributed by atoms with van der Waals surface area (Å²) in [5, 5.41) is 4.25. The van der Waals surface area contributed by atoms with Crippen LogP contribution in [-0.4, -0.2) is 27.3 Å². The number of thioether (sulfide) groups is 1. The van der Waals surface area contributed by atoms with Crippen molar-refractivity contribution in [2.75, 3.05) is 5.75 Å². The molecule has 7 heteroatoms. The normalized spacial score (nSPS) is 15.4. The average Bonchev–Trinajstić information content (AvgIpc) is 3.41. The second kappa shape index (κ2) is 8.13. The van der Waals surface area contributed by atoms with Crippen molar-refractivity contribution in [3.63, 3.8) is 0 Å². The van der Waals surface area contributed by atoms with Crippen molar-refractivity contribution >= 4 is 44.5 Å². The van der Waals surface area contributed by atoms with Crippen LogP contribution < -0.4 is 10.9 Å². The highest BCUT2D eigenvalue weighted by Crippen LogP contribution is 2.32. The zero-order valence-corrected chi connectivity index (χ0v) is 17.7. The van der Waals surface area contributed by atoms with E-state index >= 15 is 0 Å². The molecular formula is C19H24BrN3O2S. The van der Waals surface area contributed by atoms with E-state index in [-0.39, 0.29) is 23.3 Å². The molecule has 140 valence electrons. The quantitative estimate of drug-likeness (QED) is 0.527. The Hall–Kier alpha value is -1.34. The Morgan fingerprint density at radius 2 is 2.12 bits per heavy atom. The highest BCUT2D eigenvalue weighted by Gasteiger charge is 2.28. The van der Waals surface area contributed by atoms with Crippen molar-refractivity contribution in [1.82, 2.24) is 14.9 Å². The fourth-order valence-corrected chi connectivity index (χ4v) is 4.13. The number of fused-ring (bicyclic) bond motifs is 1. The molecule has 1 saturated carbocycles. The van der Waals surface area contributed by atoms with Gasteiger partial charge < -0.3 is 5.32 Å². The maximum absolute atomic E-state index is 12.9. The zero-order valence-electron chi connectivity index (χ0n) is 15.3. The van der Waals surface area contributed by atoms with Gasteiger partial charge in [-0.05, 0) is 49.8 Å². The lowest BCUT2D eigenvalue weighted by molar-refractivity contribution is -0.119. The minimum Gasteiger partial charge on any atom is -0.353 e. The first kappa shape index (κ1) is 19.4. The van der Waals surface area contributed by atoms with Crippen LogP contribution in [0.5, 0.6) is 0 Å². The first-order valence-electron chi connectivity index (χ1n) is 8.97. The van der Waals surface area contributed by atoms with Crippen LogP contribution in [0.3, 0.4) is 0 Å². The van der Waals surface area contributed by atoms with E-state index in [0.29, 0.717) is 34.4 Å². The summed E-state index contributed by atoms with van der Waals surface area (Å²) in [7, 11) is 0. The van der Waals surface area contributed by atoms with E-state index in [9.17, 15) is 9.59 Å². The third kappa shape index (κ3) is 4.68. The van der Waals surface area contributed by atoms with Crippen LogP contribution in [0.25, 0.3) is 10.9 Å². The van der Waals surface area contributed by atoms with Gasteiger partial charge in [-0.25, -0.2) is 4.98 Å². The van der Waals surface area contributed by atoms with Crippen molar-refractivity contribution in [3.8, 4) is 0 Å². The molecule has 0 radical (unpaired) electrons. The summed E-state index contributed by atoms with van der Waals surface area (Å²) in [6.07, 6.45) is 2.40. The van der Waals surface area contributed by atoms with Gasteiger partial charge in [-0.2, -0.15) is 0 Å². The van der Waals surface area contributed by atoms with E-state index in [2.05, 4.69) is 47.0 Å². The summed E-state index contributed by atoms with van der Waals surface area (Å²) in [5.74, 6) is 1.20. The number of hydrogen-bond donors (Lipinski definition) is 1. The van der Waals surface area contributed by atoms with Crippen LogP contribution in [0, 0.1) is 11.8 Å². The van der Waals surface area contributed by atoms with Gasteiger partial charge in [-0.15, -0.1) is 0 Å². The number of nitrogens with one attached hydrogen (secondary N) is 1. The molecule has 3 rings (SSSR count). The maximum Gasteiger partial charge on any atom is 0.262 e. The van der Waals surface area contributed by atoms with Gasteiger partial charge >= 0.3 is 0 Å². The molecule has 2 aromatic rings. The van der Waals surface area contributed by atoms with Gasteiger partial charge in [0.2, 0.25) is 5.91 Å². The van der Waals surface area contributed by atoms with Crippen LogP contribution in [0.1, 0.15) is 33.6 Å². The van der Waals surface area contributed by atoms with Crippen LogP contribution in [0.15, 0.2) is 32.6 Å². The van der Waals surface area contributed by atoms with Crippen LogP contribution in [0.4, 0.5) is 0 Å². The number of carbonyl (C=O) groups is 1. The fourth-order valence-electron chi connectivity index (χ4n) is 2.95. The van der Waals surface area contributed by atoms with Crippen LogP contribution in [0.2, 0.25) is 0 Å². The second-order valence-electron chi connectivity index (χ2n) is 7.35. The lowest BCUT2D eigenvalue weighted by atomic mass is 10.2. The Morgan fingerprint density at radius 1 is 1.38 bits per heavy atom. The number of halogens is 1. The molecular weight excluding hydrogens is 414 g/mol. The zero-order chi connectivity index (χ0) is 18.8. The predicted octanol–water partition coefficient (Wildman–Crippen LogP) is 3.82. The monoisotopic (exact) mass is 437 g/mol. The number of rotatable bonds is 7. The first-order chi connectivity index (χ1) is 12.3. The Labute approximate surface area is 166 Å². The molecule has 1 amide bonds. The summed E-state index contributed by atoms with van der Waals surface area (Å²) in [4.78, 5) is 29.8. The van der Waals surface area contributed by atoms with Gasteiger partial charge in [0.25, 0.3) is 5.56 Å². The number of nitrogens with zero attached hydrogens (tertiary/aromatic N) is 2. The number of aromatic nitrogens is 2. The topological polar surface area (TPSA) is 64.0 Å². The third-order valence-corrected chi connectivity index (χ3v) is 5.95. The number of benzene rings is 1. The van der Waals surface area contributed by atoms with Gasteiger partial charge in [0, 0.05) is 17.1 Å². The molecule has 1 fully saturated rings. The number of carbonyl (C=O) groups excluding carboxylic acids is 1. The van der Waals surface area contributed by atoms with E-state index in [1.807, 2.05) is 12.1 Å². The summed E-state index contributed by atoms with van der Waals surface area (Å²) in [5.41, 5.74) is 0.603. The highest BCUT2D eigenvalue weighted by atomic mass is 79.9. The first-order valence-corrected chi connectivity index (χ1v) is 10.7. The summed E-state index contributed by atoms with van der Waals surface area (Å²) in [6.45, 7) is 6.77. The van der Waals surface area contributed by atoms with E-state index in [1.54, 1.807) is 10.6 Å². The number of hydrogen-bond acceptors (Lipinski definition) is 4. The molecule has 26 heavy (non-hydrogen) atoms. The van der Waals surface area contributed by atoms with Crippen molar-refractivity contribution in [3.05, 3.63) is 33.0 Å². The summed E-state index contributed by atoms with van der Waals surface area (Å²) in [6, 6.07) is 5.74. The van der Waals surface area contributed by atoms with Crippen molar-refractivity contribution < 1.29 is 4.79 Å². The van der Waals surface area contributed by atoms with E-state index in [1.165, 1.54) is 24.6 Å². The number of amides is 1. The van der Waals surface area contributed by atoms with E-state index < -0.39 is 0 Å². The van der Waals surface area contributed by atoms with Crippen molar-refractivity contribution in [2.24, 2.45) is 11.8 Å². The summed E-state index contributed by atoms with van der Waals surface area (Å²) >= 11 is 4.75. The molecule has 0 spiro atoms. The second-order valence-corrected chi connectivity index (χ2v) is 9.21. The molecule has 1 atom stereocenters. The minimum atomic E-state index is -0.0562. The van der Waals surface area contributed by atoms with Crippen LogP contribution >= 0.6 is 27.7 Å². The minimum absolute atomic E-state index is 0.00403. The molecule has 0 saturated heterocycles. The lowest BCUT2D eigenvalue weighted by Gasteiger charge is -2.16. The SMILES string of the molecule is CC(C)Cn1c(SCC(=O)NC(C)C2CC2)nc2ccc(Br)cc2c1=O. The van der Waals surface area contributed by atoms with Gasteiger partial charge in [0.05, 0.1) is 16.7 Å². The molecule has 1 aliphatic carbocycles. The largest absolute Gasteiger partial charge is 0.353 e. The molecule has 5 nitrogen and oxygen atoms in total. The highest BCUT2D eigenvalue weighted by molar-refractivity contribution is 9.10. The third-order valence-electron chi connectivity index (χ3n) is 4.48. The Kier molecular flexibility index (Phi) is 6.07. The summed E-state index contributed by atoms with van der Waals surface area (Å²) < 4.78 is 2.55. The Morgan fingerprint density at radius 3 is 2.77 bits per heavy atom. The standard InChI is InChI=1S/C19H24BrN3O2S/c1-11(2)9-23-18(25)15-8-14(20)6-7-16(15)22-19(23)26-10-17(24)21-12(3)13-4-5-13/h6-8,11-13H,4-5,9-10H2,1-3H3,(H,21,24). The molecule has 1 heterocycles. The molecule has 1 N–H and O–H groups in total. The predicted molar refractivity (Wildman–Crippen MR) is 110 cm³/mol. The maximum atomic E-state index is 12.9.